The fourth-order valence-electron chi connectivity index (χ4n) is 3.05. The summed E-state index contributed by atoms with van der Waals surface area (Å²) >= 11 is 0. The van der Waals surface area contributed by atoms with Crippen LogP contribution in [0.1, 0.15) is 43.8 Å². The molecule has 8 heteroatoms. The summed E-state index contributed by atoms with van der Waals surface area (Å²) in [7, 11) is 0. The largest absolute Gasteiger partial charge is 0.416 e. The number of alkyl halides is 3. The Balaban J connectivity index is 1.76. The maximum absolute atomic E-state index is 13.2. The third-order valence-electron chi connectivity index (χ3n) is 4.44. The highest BCUT2D eigenvalue weighted by Crippen LogP contribution is 2.34. The van der Waals surface area contributed by atoms with Crippen LogP contribution in [0.5, 0.6) is 0 Å². The van der Waals surface area contributed by atoms with Crippen LogP contribution in [0.2, 0.25) is 0 Å². The normalized spacial score (nSPS) is 13.5. The van der Waals surface area contributed by atoms with Gasteiger partial charge in [0.15, 0.2) is 0 Å². The van der Waals surface area contributed by atoms with E-state index >= 15 is 0 Å². The molecule has 4 nitrogen and oxygen atoms in total. The average Bonchev–Trinajstić information content (AvgIpc) is 3.11. The fourth-order valence-corrected chi connectivity index (χ4v) is 3.05. The fraction of sp³-hybridized carbons (Fsp3) is 0.333. The second-order valence-corrected chi connectivity index (χ2v) is 7.82. The standard InChI is InChI=1S/C21H21F4N3O/c1-20(2,3)18(13-7-9-16(22)10-8-13)26-12-17-27-19(28-29-17)14-5-4-6-15(11-14)21(23,24)25/h4-11,18,26H,12H2,1-3H3. The average molecular weight is 407 g/mol. The molecule has 0 bridgehead atoms. The molecular formula is C21H21F4N3O. The van der Waals surface area contributed by atoms with E-state index in [9.17, 15) is 17.6 Å². The summed E-state index contributed by atoms with van der Waals surface area (Å²) in [6.07, 6.45) is -4.45. The molecule has 1 heterocycles. The lowest BCUT2D eigenvalue weighted by Gasteiger charge is -2.31. The molecule has 0 radical (unpaired) electrons. The van der Waals surface area contributed by atoms with Crippen LogP contribution in [0.25, 0.3) is 11.4 Å². The van der Waals surface area contributed by atoms with Crippen LogP contribution in [-0.4, -0.2) is 10.1 Å². The smallest absolute Gasteiger partial charge is 0.338 e. The predicted octanol–water partition coefficient (Wildman–Crippen LogP) is 5.77. The van der Waals surface area contributed by atoms with Crippen molar-refractivity contribution in [3.63, 3.8) is 0 Å². The number of benzene rings is 2. The zero-order valence-corrected chi connectivity index (χ0v) is 16.2. The minimum absolute atomic E-state index is 0.0852. The highest BCUT2D eigenvalue weighted by molar-refractivity contribution is 5.55. The third kappa shape index (κ3) is 5.20. The topological polar surface area (TPSA) is 51.0 Å². The van der Waals surface area contributed by atoms with Crippen LogP contribution >= 0.6 is 0 Å². The van der Waals surface area contributed by atoms with E-state index in [1.807, 2.05) is 20.8 Å². The molecule has 3 aromatic rings. The van der Waals surface area contributed by atoms with Gasteiger partial charge >= 0.3 is 6.18 Å². The van der Waals surface area contributed by atoms with Crippen LogP contribution in [-0.2, 0) is 12.7 Å². The van der Waals surface area contributed by atoms with Crippen LogP contribution < -0.4 is 5.32 Å². The lowest BCUT2D eigenvalue weighted by atomic mass is 9.82. The summed E-state index contributed by atoms with van der Waals surface area (Å²) in [6.45, 7) is 6.33. The molecule has 3 rings (SSSR count). The van der Waals surface area contributed by atoms with Crippen molar-refractivity contribution in [3.8, 4) is 11.4 Å². The number of halogens is 4. The first-order valence-corrected chi connectivity index (χ1v) is 9.03. The van der Waals surface area contributed by atoms with Crippen molar-refractivity contribution in [3.05, 3.63) is 71.4 Å². The minimum atomic E-state index is -4.45. The van der Waals surface area contributed by atoms with Crippen molar-refractivity contribution in [2.75, 3.05) is 0 Å². The van der Waals surface area contributed by atoms with E-state index in [4.69, 9.17) is 4.52 Å². The Morgan fingerprint density at radius 3 is 2.34 bits per heavy atom. The third-order valence-corrected chi connectivity index (χ3v) is 4.44. The van der Waals surface area contributed by atoms with E-state index in [0.29, 0.717) is 0 Å². The molecule has 0 spiro atoms. The van der Waals surface area contributed by atoms with Crippen molar-refractivity contribution < 1.29 is 22.1 Å². The highest BCUT2D eigenvalue weighted by atomic mass is 19.4. The molecule has 29 heavy (non-hydrogen) atoms. The van der Waals surface area contributed by atoms with Crippen molar-refractivity contribution in [1.29, 1.82) is 0 Å². The second kappa shape index (κ2) is 7.94. The van der Waals surface area contributed by atoms with Crippen LogP contribution in [0.15, 0.2) is 53.1 Å². The summed E-state index contributed by atoms with van der Waals surface area (Å²) in [5, 5.41) is 7.10. The molecule has 154 valence electrons. The molecule has 1 unspecified atom stereocenters. The van der Waals surface area contributed by atoms with Gasteiger partial charge < -0.3 is 9.84 Å². The Hall–Kier alpha value is -2.74. The molecule has 1 atom stereocenters. The van der Waals surface area contributed by atoms with E-state index in [0.717, 1.165) is 17.7 Å². The van der Waals surface area contributed by atoms with Gasteiger partial charge in [0.25, 0.3) is 0 Å². The van der Waals surface area contributed by atoms with E-state index in [-0.39, 0.29) is 41.1 Å². The van der Waals surface area contributed by atoms with Gasteiger partial charge in [-0.05, 0) is 35.2 Å². The zero-order chi connectivity index (χ0) is 21.2. The zero-order valence-electron chi connectivity index (χ0n) is 16.2. The molecule has 1 N–H and O–H groups in total. The minimum Gasteiger partial charge on any atom is -0.338 e. The van der Waals surface area contributed by atoms with Gasteiger partial charge in [-0.1, -0.05) is 50.2 Å². The summed E-state index contributed by atoms with van der Waals surface area (Å²) in [5.74, 6) is 0.0137. The molecule has 0 fully saturated rings. The first-order valence-electron chi connectivity index (χ1n) is 9.03. The van der Waals surface area contributed by atoms with Gasteiger partial charge in [0.1, 0.15) is 5.82 Å². The Kier molecular flexibility index (Phi) is 5.75. The number of aromatic nitrogens is 2. The van der Waals surface area contributed by atoms with Gasteiger partial charge in [0.2, 0.25) is 11.7 Å². The summed E-state index contributed by atoms with van der Waals surface area (Å²) in [6, 6.07) is 10.8. The van der Waals surface area contributed by atoms with Crippen molar-refractivity contribution >= 4 is 0 Å². The maximum Gasteiger partial charge on any atom is 0.416 e. The molecule has 0 saturated heterocycles. The molecular weight excluding hydrogens is 386 g/mol. The molecule has 2 aromatic carbocycles. The molecule has 0 aliphatic carbocycles. The highest BCUT2D eigenvalue weighted by Gasteiger charge is 2.31. The summed E-state index contributed by atoms with van der Waals surface area (Å²) in [4.78, 5) is 4.20. The Bertz CT molecular complexity index is 959. The predicted molar refractivity (Wildman–Crippen MR) is 100 cm³/mol. The van der Waals surface area contributed by atoms with Crippen molar-refractivity contribution in [2.45, 2.75) is 39.5 Å². The number of nitrogens with zero attached hydrogens (tertiary/aromatic N) is 2. The SMILES string of the molecule is CC(C)(C)C(NCc1nc(-c2cccc(C(F)(F)F)c2)no1)c1ccc(F)cc1. The van der Waals surface area contributed by atoms with Crippen molar-refractivity contribution in [2.24, 2.45) is 5.41 Å². The molecule has 0 aliphatic rings. The Morgan fingerprint density at radius 1 is 1.03 bits per heavy atom. The lowest BCUT2D eigenvalue weighted by molar-refractivity contribution is -0.137. The van der Waals surface area contributed by atoms with Gasteiger partial charge in [-0.2, -0.15) is 18.2 Å². The summed E-state index contributed by atoms with van der Waals surface area (Å²) in [5.41, 5.74) is 0.155. The summed E-state index contributed by atoms with van der Waals surface area (Å²) < 4.78 is 57.1. The Labute approximate surface area is 165 Å². The maximum atomic E-state index is 13.2. The number of hydrogen-bond acceptors (Lipinski definition) is 4. The van der Waals surface area contributed by atoms with Gasteiger partial charge in [-0.25, -0.2) is 4.39 Å². The molecule has 1 aromatic heterocycles. The van der Waals surface area contributed by atoms with E-state index < -0.39 is 11.7 Å². The van der Waals surface area contributed by atoms with E-state index in [2.05, 4.69) is 15.5 Å². The first kappa shape index (κ1) is 21.0. The number of nitrogens with one attached hydrogen (secondary N) is 1. The quantitative estimate of drug-likeness (QED) is 0.546. The number of rotatable bonds is 5. The first-order chi connectivity index (χ1) is 13.5. The number of hydrogen-bond donors (Lipinski definition) is 1. The van der Waals surface area contributed by atoms with Gasteiger partial charge in [0.05, 0.1) is 12.1 Å². The monoisotopic (exact) mass is 407 g/mol. The van der Waals surface area contributed by atoms with Crippen LogP contribution in [0.4, 0.5) is 17.6 Å². The molecule has 0 aliphatic heterocycles. The lowest BCUT2D eigenvalue weighted by Crippen LogP contribution is -2.32. The van der Waals surface area contributed by atoms with Crippen LogP contribution in [0.3, 0.4) is 0 Å². The van der Waals surface area contributed by atoms with Gasteiger partial charge in [-0.3, -0.25) is 0 Å². The molecule has 0 saturated carbocycles. The second-order valence-electron chi connectivity index (χ2n) is 7.82. The van der Waals surface area contributed by atoms with Gasteiger partial charge in [0, 0.05) is 11.6 Å². The van der Waals surface area contributed by atoms with Crippen LogP contribution in [0, 0.1) is 11.2 Å². The van der Waals surface area contributed by atoms with Crippen molar-refractivity contribution in [1.82, 2.24) is 15.5 Å². The van der Waals surface area contributed by atoms with E-state index in [1.54, 1.807) is 12.1 Å². The Morgan fingerprint density at radius 2 is 1.72 bits per heavy atom. The van der Waals surface area contributed by atoms with Gasteiger partial charge in [-0.15, -0.1) is 0 Å². The van der Waals surface area contributed by atoms with E-state index in [1.165, 1.54) is 24.3 Å². The molecule has 0 amide bonds.